The highest BCUT2D eigenvalue weighted by molar-refractivity contribution is 9.10. The van der Waals surface area contributed by atoms with Crippen LogP contribution in [-0.4, -0.2) is 17.5 Å². The van der Waals surface area contributed by atoms with Gasteiger partial charge in [0.1, 0.15) is 0 Å². The summed E-state index contributed by atoms with van der Waals surface area (Å²) in [6.07, 6.45) is 7.00. The minimum atomic E-state index is 0.525. The van der Waals surface area contributed by atoms with Crippen LogP contribution in [-0.2, 0) is 6.54 Å². The number of rotatable bonds is 2. The van der Waals surface area contributed by atoms with Crippen LogP contribution in [0.2, 0.25) is 0 Å². The molecule has 104 valence electrons. The molecule has 0 unspecified atom stereocenters. The summed E-state index contributed by atoms with van der Waals surface area (Å²) >= 11 is 7.28. The molecule has 1 aliphatic heterocycles. The van der Waals surface area contributed by atoms with Gasteiger partial charge < -0.3 is 5.32 Å². The second-order valence-corrected chi connectivity index (χ2v) is 8.34. The van der Waals surface area contributed by atoms with Crippen LogP contribution in [0, 0.1) is 5.41 Å². The van der Waals surface area contributed by atoms with Gasteiger partial charge in [-0.1, -0.05) is 31.0 Å². The van der Waals surface area contributed by atoms with Gasteiger partial charge >= 0.3 is 0 Å². The van der Waals surface area contributed by atoms with Crippen molar-refractivity contribution in [1.29, 1.82) is 0 Å². The summed E-state index contributed by atoms with van der Waals surface area (Å²) in [6.45, 7) is 1.92. The third-order valence-corrected chi connectivity index (χ3v) is 7.31. The lowest BCUT2D eigenvalue weighted by Gasteiger charge is -2.38. The van der Waals surface area contributed by atoms with E-state index in [1.165, 1.54) is 47.2 Å². The van der Waals surface area contributed by atoms with Gasteiger partial charge in [0.05, 0.1) is 6.54 Å². The molecule has 1 aromatic heterocycles. The van der Waals surface area contributed by atoms with Gasteiger partial charge in [0.15, 0.2) is 5.17 Å². The van der Waals surface area contributed by atoms with Gasteiger partial charge in [0.25, 0.3) is 0 Å². The van der Waals surface area contributed by atoms with E-state index in [4.69, 9.17) is 4.99 Å². The molecule has 0 amide bonds. The smallest absolute Gasteiger partial charge is 0.156 e. The van der Waals surface area contributed by atoms with Crippen molar-refractivity contribution >= 4 is 44.2 Å². The molecule has 2 nitrogen and oxygen atoms in total. The van der Waals surface area contributed by atoms with Gasteiger partial charge in [-0.3, -0.25) is 4.99 Å². The number of nitrogens with zero attached hydrogens (tertiary/aromatic N) is 1. The molecule has 2 aliphatic rings. The first-order valence-electron chi connectivity index (χ1n) is 6.90. The van der Waals surface area contributed by atoms with Crippen molar-refractivity contribution in [2.45, 2.75) is 38.6 Å². The summed E-state index contributed by atoms with van der Waals surface area (Å²) in [5.74, 6) is 1.25. The number of hydrogen-bond donors (Lipinski definition) is 1. The first kappa shape index (κ1) is 14.0. The molecule has 1 saturated carbocycles. The van der Waals surface area contributed by atoms with Gasteiger partial charge in [0, 0.05) is 21.6 Å². The third kappa shape index (κ3) is 3.37. The second-order valence-electron chi connectivity index (χ2n) is 5.52. The van der Waals surface area contributed by atoms with Crippen molar-refractivity contribution in [2.75, 3.05) is 12.3 Å². The molecule has 3 rings (SSSR count). The monoisotopic (exact) mass is 358 g/mol. The molecule has 1 spiro atoms. The van der Waals surface area contributed by atoms with Crippen molar-refractivity contribution in [3.05, 3.63) is 20.8 Å². The Morgan fingerprint density at radius 3 is 2.79 bits per heavy atom. The van der Waals surface area contributed by atoms with E-state index in [1.807, 2.05) is 11.8 Å². The molecule has 5 heteroatoms. The average molecular weight is 359 g/mol. The Kier molecular flexibility index (Phi) is 4.54. The molecule has 0 radical (unpaired) electrons. The highest BCUT2D eigenvalue weighted by Gasteiger charge is 2.34. The van der Waals surface area contributed by atoms with E-state index in [9.17, 15) is 0 Å². The van der Waals surface area contributed by atoms with Gasteiger partial charge in [-0.15, -0.1) is 11.3 Å². The Hall–Kier alpha value is -0.000000000000000111. The van der Waals surface area contributed by atoms with E-state index >= 15 is 0 Å². The zero-order chi connectivity index (χ0) is 13.1. The van der Waals surface area contributed by atoms with Crippen molar-refractivity contribution in [3.63, 3.8) is 0 Å². The lowest BCUT2D eigenvalue weighted by molar-refractivity contribution is 0.232. The molecule has 0 bridgehead atoms. The highest BCUT2D eigenvalue weighted by atomic mass is 79.9. The minimum absolute atomic E-state index is 0.525. The number of halogens is 1. The normalized spacial score (nSPS) is 22.3. The topological polar surface area (TPSA) is 24.4 Å². The van der Waals surface area contributed by atoms with E-state index < -0.39 is 0 Å². The molecule has 1 N–H and O–H groups in total. The van der Waals surface area contributed by atoms with E-state index in [1.54, 1.807) is 11.3 Å². The first-order chi connectivity index (χ1) is 9.27. The quantitative estimate of drug-likeness (QED) is 0.831. The van der Waals surface area contributed by atoms with Crippen molar-refractivity contribution in [3.8, 4) is 0 Å². The highest BCUT2D eigenvalue weighted by Crippen LogP contribution is 2.41. The molecule has 2 heterocycles. The number of hydrogen-bond acceptors (Lipinski definition) is 4. The predicted octanol–water partition coefficient (Wildman–Crippen LogP) is 4.65. The van der Waals surface area contributed by atoms with Crippen molar-refractivity contribution < 1.29 is 0 Å². The minimum Gasteiger partial charge on any atom is -0.360 e. The lowest BCUT2D eigenvalue weighted by atomic mass is 9.75. The molecule has 0 aromatic carbocycles. The van der Waals surface area contributed by atoms with Gasteiger partial charge in [-0.25, -0.2) is 0 Å². The lowest BCUT2D eigenvalue weighted by Crippen LogP contribution is -2.36. The standard InChI is InChI=1S/C14H19BrN2S2/c15-11-4-7-18-12(11)8-16-13-17-9-14(10-19-13)5-2-1-3-6-14/h4,7H,1-3,5-6,8-10H2,(H,16,17). The molecule has 1 fully saturated rings. The van der Waals surface area contributed by atoms with Crippen LogP contribution in [0.1, 0.15) is 37.0 Å². The molecule has 0 atom stereocenters. The molecule has 1 aliphatic carbocycles. The first-order valence-corrected chi connectivity index (χ1v) is 9.56. The van der Waals surface area contributed by atoms with E-state index in [0.29, 0.717) is 5.41 Å². The summed E-state index contributed by atoms with van der Waals surface area (Å²) in [7, 11) is 0. The fourth-order valence-electron chi connectivity index (χ4n) is 2.87. The molecule has 0 saturated heterocycles. The predicted molar refractivity (Wildman–Crippen MR) is 89.1 cm³/mol. The average Bonchev–Trinajstić information content (AvgIpc) is 2.85. The summed E-state index contributed by atoms with van der Waals surface area (Å²) in [5.41, 5.74) is 0.525. The zero-order valence-electron chi connectivity index (χ0n) is 11.0. The Morgan fingerprint density at radius 1 is 1.32 bits per heavy atom. The maximum absolute atomic E-state index is 4.79. The number of amidine groups is 1. The van der Waals surface area contributed by atoms with Crippen LogP contribution < -0.4 is 5.32 Å². The largest absolute Gasteiger partial charge is 0.360 e. The zero-order valence-corrected chi connectivity index (χ0v) is 14.2. The summed E-state index contributed by atoms with van der Waals surface area (Å²) < 4.78 is 1.20. The third-order valence-electron chi connectivity index (χ3n) is 4.08. The molecule has 19 heavy (non-hydrogen) atoms. The summed E-state index contributed by atoms with van der Waals surface area (Å²) in [6, 6.07) is 2.11. The van der Waals surface area contributed by atoms with Crippen LogP contribution in [0.5, 0.6) is 0 Å². The maximum atomic E-state index is 4.79. The number of thioether (sulfide) groups is 1. The van der Waals surface area contributed by atoms with Crippen LogP contribution in [0.3, 0.4) is 0 Å². The Labute approximate surface area is 131 Å². The van der Waals surface area contributed by atoms with E-state index in [0.717, 1.165) is 18.3 Å². The number of thiophene rings is 1. The second kappa shape index (κ2) is 6.19. The Bertz CT molecular complexity index is 464. The fraction of sp³-hybridized carbons (Fsp3) is 0.643. The van der Waals surface area contributed by atoms with Crippen molar-refractivity contribution in [1.82, 2.24) is 5.32 Å². The molecule has 1 aromatic rings. The van der Waals surface area contributed by atoms with E-state index in [2.05, 4.69) is 32.7 Å². The summed E-state index contributed by atoms with van der Waals surface area (Å²) in [4.78, 5) is 6.14. The maximum Gasteiger partial charge on any atom is 0.156 e. The SMILES string of the molecule is Brc1ccsc1CNC1=NCC2(CCCCC2)CS1. The van der Waals surface area contributed by atoms with Gasteiger partial charge in [0.2, 0.25) is 0 Å². The van der Waals surface area contributed by atoms with Crippen molar-refractivity contribution in [2.24, 2.45) is 10.4 Å². The number of aliphatic imine (C=N–C) groups is 1. The van der Waals surface area contributed by atoms with E-state index in [-0.39, 0.29) is 0 Å². The van der Waals surface area contributed by atoms with Crippen LogP contribution in [0.25, 0.3) is 0 Å². The van der Waals surface area contributed by atoms with Crippen LogP contribution >= 0.6 is 39.0 Å². The fourth-order valence-corrected chi connectivity index (χ4v) is 5.46. The van der Waals surface area contributed by atoms with Gasteiger partial charge in [-0.2, -0.15) is 0 Å². The van der Waals surface area contributed by atoms with Crippen LogP contribution in [0.15, 0.2) is 20.9 Å². The Morgan fingerprint density at radius 2 is 2.16 bits per heavy atom. The molecular weight excluding hydrogens is 340 g/mol. The van der Waals surface area contributed by atoms with Crippen LogP contribution in [0.4, 0.5) is 0 Å². The molecular formula is C14H19BrN2S2. The number of nitrogens with one attached hydrogen (secondary N) is 1. The van der Waals surface area contributed by atoms with Gasteiger partial charge in [-0.05, 0) is 45.6 Å². The summed E-state index contributed by atoms with van der Waals surface area (Å²) in [5, 5.41) is 6.73. The Balaban J connectivity index is 1.55.